The summed E-state index contributed by atoms with van der Waals surface area (Å²) in [5.41, 5.74) is 3.80. The summed E-state index contributed by atoms with van der Waals surface area (Å²) < 4.78 is 0.735. The molecule has 2 aromatic carbocycles. The Balaban J connectivity index is 1.86. The van der Waals surface area contributed by atoms with Crippen molar-refractivity contribution >= 4 is 15.9 Å². The summed E-state index contributed by atoms with van der Waals surface area (Å²) in [7, 11) is 0. The molecule has 100 valence electrons. The highest BCUT2D eigenvalue weighted by molar-refractivity contribution is 9.10. The molecule has 0 bridgehead atoms. The molecule has 2 aromatic rings. The normalized spacial score (nSPS) is 10.6. The second kappa shape index (κ2) is 6.73. The van der Waals surface area contributed by atoms with Gasteiger partial charge in [-0.05, 0) is 51.2 Å². The molecule has 2 rings (SSSR count). The molecule has 0 aliphatic rings. The molecule has 0 heterocycles. The standard InChI is InChI=1S/C16H18BrNO/c1-2-12-3-5-13(6-4-12)10-18-11-14-7-8-16(19)15(17)9-14/h3-9,18-19H,2,10-11H2,1H3. The van der Waals surface area contributed by atoms with Crippen molar-refractivity contribution in [1.82, 2.24) is 5.32 Å². The fourth-order valence-electron chi connectivity index (χ4n) is 1.90. The van der Waals surface area contributed by atoms with Gasteiger partial charge in [-0.1, -0.05) is 37.3 Å². The minimum atomic E-state index is 0.277. The zero-order valence-corrected chi connectivity index (χ0v) is 12.6. The Labute approximate surface area is 122 Å². The van der Waals surface area contributed by atoms with Crippen molar-refractivity contribution in [3.8, 4) is 5.75 Å². The van der Waals surface area contributed by atoms with E-state index in [1.165, 1.54) is 11.1 Å². The fourth-order valence-corrected chi connectivity index (χ4v) is 2.33. The zero-order valence-electron chi connectivity index (χ0n) is 11.0. The number of benzene rings is 2. The molecule has 0 saturated heterocycles. The number of phenols is 1. The lowest BCUT2D eigenvalue weighted by Crippen LogP contribution is -2.12. The van der Waals surface area contributed by atoms with Crippen LogP contribution in [0.3, 0.4) is 0 Å². The van der Waals surface area contributed by atoms with E-state index >= 15 is 0 Å². The molecule has 0 saturated carbocycles. The number of phenolic OH excluding ortho intramolecular Hbond substituents is 1. The maximum Gasteiger partial charge on any atom is 0.129 e. The summed E-state index contributed by atoms with van der Waals surface area (Å²) in [5.74, 6) is 0.277. The monoisotopic (exact) mass is 319 g/mol. The second-order valence-electron chi connectivity index (χ2n) is 4.56. The van der Waals surface area contributed by atoms with E-state index < -0.39 is 0 Å². The smallest absolute Gasteiger partial charge is 0.129 e. The first-order valence-electron chi connectivity index (χ1n) is 6.45. The molecule has 0 unspecified atom stereocenters. The summed E-state index contributed by atoms with van der Waals surface area (Å²) >= 11 is 3.32. The van der Waals surface area contributed by atoms with Crippen LogP contribution in [0.1, 0.15) is 23.6 Å². The van der Waals surface area contributed by atoms with Crippen LogP contribution in [0.15, 0.2) is 46.9 Å². The third kappa shape index (κ3) is 4.08. The highest BCUT2D eigenvalue weighted by atomic mass is 79.9. The predicted molar refractivity (Wildman–Crippen MR) is 82.2 cm³/mol. The highest BCUT2D eigenvalue weighted by Gasteiger charge is 1.99. The Kier molecular flexibility index (Phi) is 5.00. The van der Waals surface area contributed by atoms with Gasteiger partial charge in [0.05, 0.1) is 4.47 Å². The number of aryl methyl sites for hydroxylation is 1. The predicted octanol–water partition coefficient (Wildman–Crippen LogP) is 4.01. The van der Waals surface area contributed by atoms with Gasteiger partial charge in [-0.15, -0.1) is 0 Å². The van der Waals surface area contributed by atoms with Crippen LogP contribution >= 0.6 is 15.9 Å². The highest BCUT2D eigenvalue weighted by Crippen LogP contribution is 2.24. The van der Waals surface area contributed by atoms with E-state index in [9.17, 15) is 5.11 Å². The molecule has 0 aliphatic carbocycles. The number of hydrogen-bond acceptors (Lipinski definition) is 2. The van der Waals surface area contributed by atoms with Gasteiger partial charge in [0.2, 0.25) is 0 Å². The third-order valence-electron chi connectivity index (χ3n) is 3.10. The minimum Gasteiger partial charge on any atom is -0.507 e. The molecule has 0 aliphatic heterocycles. The average Bonchev–Trinajstić information content (AvgIpc) is 2.43. The zero-order chi connectivity index (χ0) is 13.7. The van der Waals surface area contributed by atoms with E-state index in [0.29, 0.717) is 0 Å². The fraction of sp³-hybridized carbons (Fsp3) is 0.250. The summed E-state index contributed by atoms with van der Waals surface area (Å²) in [4.78, 5) is 0. The van der Waals surface area contributed by atoms with Crippen molar-refractivity contribution in [1.29, 1.82) is 0 Å². The quantitative estimate of drug-likeness (QED) is 0.872. The first kappa shape index (κ1) is 14.1. The Bertz CT molecular complexity index is 537. The molecule has 0 fully saturated rings. The number of hydrogen-bond donors (Lipinski definition) is 2. The Hall–Kier alpha value is -1.32. The van der Waals surface area contributed by atoms with Gasteiger partial charge >= 0.3 is 0 Å². The molecule has 0 spiro atoms. The molecular formula is C16H18BrNO. The van der Waals surface area contributed by atoms with Gasteiger partial charge < -0.3 is 10.4 Å². The van der Waals surface area contributed by atoms with Crippen molar-refractivity contribution in [2.75, 3.05) is 0 Å². The molecule has 0 aromatic heterocycles. The maximum atomic E-state index is 9.43. The van der Waals surface area contributed by atoms with Crippen LogP contribution in [-0.2, 0) is 19.5 Å². The average molecular weight is 320 g/mol. The molecule has 0 amide bonds. The number of rotatable bonds is 5. The Morgan fingerprint density at radius 1 is 0.947 bits per heavy atom. The van der Waals surface area contributed by atoms with Gasteiger partial charge in [0.1, 0.15) is 5.75 Å². The van der Waals surface area contributed by atoms with Crippen LogP contribution in [0.25, 0.3) is 0 Å². The van der Waals surface area contributed by atoms with E-state index in [2.05, 4.69) is 52.4 Å². The maximum absolute atomic E-state index is 9.43. The van der Waals surface area contributed by atoms with Gasteiger partial charge in [-0.2, -0.15) is 0 Å². The van der Waals surface area contributed by atoms with Gasteiger partial charge in [0, 0.05) is 13.1 Å². The van der Waals surface area contributed by atoms with Crippen molar-refractivity contribution in [3.63, 3.8) is 0 Å². The first-order chi connectivity index (χ1) is 9.19. The van der Waals surface area contributed by atoms with Crippen LogP contribution in [0.2, 0.25) is 0 Å². The number of nitrogens with one attached hydrogen (secondary N) is 1. The molecule has 19 heavy (non-hydrogen) atoms. The molecule has 0 atom stereocenters. The number of aromatic hydroxyl groups is 1. The molecule has 0 radical (unpaired) electrons. The largest absolute Gasteiger partial charge is 0.507 e. The Morgan fingerprint density at radius 2 is 1.53 bits per heavy atom. The van der Waals surface area contributed by atoms with Crippen molar-refractivity contribution in [3.05, 3.63) is 63.6 Å². The lowest BCUT2D eigenvalue weighted by molar-refractivity contribution is 0.471. The second-order valence-corrected chi connectivity index (χ2v) is 5.41. The molecule has 2 N–H and O–H groups in total. The molecule has 3 heteroatoms. The first-order valence-corrected chi connectivity index (χ1v) is 7.24. The van der Waals surface area contributed by atoms with Crippen LogP contribution in [0, 0.1) is 0 Å². The van der Waals surface area contributed by atoms with E-state index in [4.69, 9.17) is 0 Å². The van der Waals surface area contributed by atoms with Gasteiger partial charge in [-0.3, -0.25) is 0 Å². The van der Waals surface area contributed by atoms with Crippen LogP contribution < -0.4 is 5.32 Å². The van der Waals surface area contributed by atoms with E-state index in [0.717, 1.165) is 29.5 Å². The SMILES string of the molecule is CCc1ccc(CNCc2ccc(O)c(Br)c2)cc1. The summed E-state index contributed by atoms with van der Waals surface area (Å²) in [6.45, 7) is 3.80. The van der Waals surface area contributed by atoms with Gasteiger partial charge in [0.15, 0.2) is 0 Å². The van der Waals surface area contributed by atoms with E-state index in [-0.39, 0.29) is 5.75 Å². The lowest BCUT2D eigenvalue weighted by Gasteiger charge is -2.07. The van der Waals surface area contributed by atoms with Crippen molar-refractivity contribution < 1.29 is 5.11 Å². The topological polar surface area (TPSA) is 32.3 Å². The third-order valence-corrected chi connectivity index (χ3v) is 3.74. The van der Waals surface area contributed by atoms with Crippen LogP contribution in [0.4, 0.5) is 0 Å². The Morgan fingerprint density at radius 3 is 2.16 bits per heavy atom. The van der Waals surface area contributed by atoms with E-state index in [1.807, 2.05) is 12.1 Å². The van der Waals surface area contributed by atoms with Crippen LogP contribution in [-0.4, -0.2) is 5.11 Å². The lowest BCUT2D eigenvalue weighted by atomic mass is 10.1. The van der Waals surface area contributed by atoms with Crippen molar-refractivity contribution in [2.45, 2.75) is 26.4 Å². The van der Waals surface area contributed by atoms with Gasteiger partial charge in [0.25, 0.3) is 0 Å². The van der Waals surface area contributed by atoms with Crippen LogP contribution in [0.5, 0.6) is 5.75 Å². The number of halogens is 1. The summed E-state index contributed by atoms with van der Waals surface area (Å²) in [6.07, 6.45) is 1.08. The van der Waals surface area contributed by atoms with E-state index in [1.54, 1.807) is 6.07 Å². The summed E-state index contributed by atoms with van der Waals surface area (Å²) in [5, 5.41) is 12.8. The van der Waals surface area contributed by atoms with Crippen molar-refractivity contribution in [2.24, 2.45) is 0 Å². The molecule has 2 nitrogen and oxygen atoms in total. The molecular weight excluding hydrogens is 302 g/mol. The summed E-state index contributed by atoms with van der Waals surface area (Å²) in [6, 6.07) is 14.2. The van der Waals surface area contributed by atoms with Gasteiger partial charge in [-0.25, -0.2) is 0 Å². The minimum absolute atomic E-state index is 0.277.